The van der Waals surface area contributed by atoms with Gasteiger partial charge in [-0.1, -0.05) is 28.7 Å². The predicted octanol–water partition coefficient (Wildman–Crippen LogP) is 5.48. The van der Waals surface area contributed by atoms with E-state index in [0.717, 1.165) is 34.1 Å². The lowest BCUT2D eigenvalue weighted by atomic mass is 10.1. The molecule has 4 heterocycles. The molecular formula is C22H31F5N6O. The SMILES string of the molecule is C.C.CC.Cc1cn2c(=O)c(-c3cnn(CCC(C)(F)F)c3)c(C(F)(F)F)nc2n1CC1=CN1. The van der Waals surface area contributed by atoms with Gasteiger partial charge in [0.05, 0.1) is 24.0 Å². The van der Waals surface area contributed by atoms with E-state index < -0.39 is 35.3 Å². The summed E-state index contributed by atoms with van der Waals surface area (Å²) in [6.45, 7) is 6.45. The molecule has 0 saturated carbocycles. The number of hydrogen-bond donors (Lipinski definition) is 1. The molecule has 0 aliphatic carbocycles. The van der Waals surface area contributed by atoms with Gasteiger partial charge in [0, 0.05) is 42.8 Å². The summed E-state index contributed by atoms with van der Waals surface area (Å²) in [7, 11) is 0. The average Bonchev–Trinajstić information content (AvgIpc) is 3.30. The maximum absolute atomic E-state index is 13.8. The molecule has 1 aliphatic rings. The summed E-state index contributed by atoms with van der Waals surface area (Å²) in [5.41, 5.74) is -1.70. The summed E-state index contributed by atoms with van der Waals surface area (Å²) in [5.74, 6) is -3.09. The Labute approximate surface area is 194 Å². The zero-order chi connectivity index (χ0) is 23.8. The monoisotopic (exact) mass is 490 g/mol. The number of fused-ring (bicyclic) bond motifs is 1. The number of alkyl halides is 5. The van der Waals surface area contributed by atoms with E-state index in [1.807, 2.05) is 13.8 Å². The van der Waals surface area contributed by atoms with Gasteiger partial charge in [-0.15, -0.1) is 0 Å². The van der Waals surface area contributed by atoms with Crippen LogP contribution >= 0.6 is 0 Å². The Morgan fingerprint density at radius 1 is 1.09 bits per heavy atom. The summed E-state index contributed by atoms with van der Waals surface area (Å²) in [5, 5.41) is 6.69. The first kappa shape index (κ1) is 28.9. The van der Waals surface area contributed by atoms with Crippen molar-refractivity contribution in [1.29, 1.82) is 0 Å². The minimum atomic E-state index is -4.90. The van der Waals surface area contributed by atoms with Gasteiger partial charge in [-0.3, -0.25) is 13.9 Å². The fourth-order valence-corrected chi connectivity index (χ4v) is 3.14. The Kier molecular flexibility index (Phi) is 8.82. The van der Waals surface area contributed by atoms with Crippen LogP contribution in [0.25, 0.3) is 16.9 Å². The molecule has 0 atom stereocenters. The van der Waals surface area contributed by atoms with Crippen LogP contribution in [-0.4, -0.2) is 29.7 Å². The smallest absolute Gasteiger partial charge is 0.361 e. The molecule has 34 heavy (non-hydrogen) atoms. The van der Waals surface area contributed by atoms with Gasteiger partial charge in [-0.2, -0.15) is 18.3 Å². The van der Waals surface area contributed by atoms with Gasteiger partial charge < -0.3 is 9.88 Å². The molecule has 3 aromatic heterocycles. The highest BCUT2D eigenvalue weighted by molar-refractivity contribution is 5.65. The summed E-state index contributed by atoms with van der Waals surface area (Å²) in [4.78, 5) is 16.8. The number of nitrogens with one attached hydrogen (secondary N) is 1. The van der Waals surface area contributed by atoms with Gasteiger partial charge in [-0.05, 0) is 13.8 Å². The summed E-state index contributed by atoms with van der Waals surface area (Å²) in [6, 6.07) is 0. The van der Waals surface area contributed by atoms with Crippen molar-refractivity contribution >= 4 is 5.78 Å². The number of aromatic nitrogens is 5. The van der Waals surface area contributed by atoms with Gasteiger partial charge in [0.15, 0.2) is 5.69 Å². The first-order valence-corrected chi connectivity index (χ1v) is 10.00. The van der Waals surface area contributed by atoms with Crippen molar-refractivity contribution < 1.29 is 22.0 Å². The van der Waals surface area contributed by atoms with E-state index in [0.29, 0.717) is 5.69 Å². The fraction of sp³-hybridized carbons (Fsp3) is 0.500. The standard InChI is InChI=1S/C18H17F5N6O.C2H6.2CH4/c1-10-7-29-15(30)13(11-5-25-27(8-11)4-3-17(2,19)20)14(18(21,22)23)26-16(29)28(10)9-12-6-24-12;1-2;;/h5-8,24H,3-4,9H2,1-2H3;1-2H3;2*1H4. The Balaban J connectivity index is 0.00000141. The van der Waals surface area contributed by atoms with Gasteiger partial charge >= 0.3 is 6.18 Å². The summed E-state index contributed by atoms with van der Waals surface area (Å²) in [6.07, 6.45) is -0.129. The molecule has 0 aromatic carbocycles. The highest BCUT2D eigenvalue weighted by Gasteiger charge is 2.39. The second kappa shape index (κ2) is 10.4. The van der Waals surface area contributed by atoms with Crippen LogP contribution in [0.1, 0.15) is 53.4 Å². The summed E-state index contributed by atoms with van der Waals surface area (Å²) < 4.78 is 71.2. The molecule has 1 aliphatic heterocycles. The number of allylic oxidation sites excluding steroid dienone is 1. The average molecular weight is 491 g/mol. The Bertz CT molecular complexity index is 1210. The topological polar surface area (TPSA) is 79.1 Å². The molecule has 1 N–H and O–H groups in total. The number of imidazole rings is 1. The Morgan fingerprint density at radius 3 is 2.24 bits per heavy atom. The Hall–Kier alpha value is -3.18. The van der Waals surface area contributed by atoms with Crippen LogP contribution in [0.4, 0.5) is 22.0 Å². The normalized spacial score (nSPS) is 12.7. The fourth-order valence-electron chi connectivity index (χ4n) is 3.14. The van der Waals surface area contributed by atoms with Crippen molar-refractivity contribution in [2.45, 2.75) is 74.2 Å². The van der Waals surface area contributed by atoms with Gasteiger partial charge in [-0.25, -0.2) is 13.8 Å². The first-order chi connectivity index (χ1) is 14.9. The van der Waals surface area contributed by atoms with E-state index in [4.69, 9.17) is 0 Å². The van der Waals surface area contributed by atoms with E-state index >= 15 is 0 Å². The van der Waals surface area contributed by atoms with Crippen LogP contribution in [0.5, 0.6) is 0 Å². The predicted molar refractivity (Wildman–Crippen MR) is 122 cm³/mol. The van der Waals surface area contributed by atoms with Gasteiger partial charge in [0.1, 0.15) is 0 Å². The number of hydrogen-bond acceptors (Lipinski definition) is 4. The van der Waals surface area contributed by atoms with E-state index in [1.165, 1.54) is 10.8 Å². The van der Waals surface area contributed by atoms with Crippen molar-refractivity contribution in [3.63, 3.8) is 0 Å². The molecule has 0 saturated heterocycles. The van der Waals surface area contributed by atoms with Crippen LogP contribution in [0.15, 0.2) is 35.3 Å². The third-order valence-electron chi connectivity index (χ3n) is 4.73. The minimum absolute atomic E-state index is 0. The third kappa shape index (κ3) is 6.03. The number of halogens is 5. The van der Waals surface area contributed by atoms with Crippen LogP contribution in [0.2, 0.25) is 0 Å². The lowest BCUT2D eigenvalue weighted by Gasteiger charge is -2.12. The third-order valence-corrected chi connectivity index (χ3v) is 4.73. The van der Waals surface area contributed by atoms with Crippen LogP contribution in [-0.2, 0) is 19.3 Å². The van der Waals surface area contributed by atoms with Gasteiger partial charge in [0.2, 0.25) is 11.7 Å². The van der Waals surface area contributed by atoms with Crippen molar-refractivity contribution in [2.24, 2.45) is 0 Å². The van der Waals surface area contributed by atoms with Crippen LogP contribution in [0.3, 0.4) is 0 Å². The van der Waals surface area contributed by atoms with Crippen molar-refractivity contribution in [2.75, 3.05) is 0 Å². The molecule has 0 unspecified atom stereocenters. The maximum atomic E-state index is 13.8. The van der Waals surface area contributed by atoms with E-state index in [1.54, 1.807) is 13.1 Å². The zero-order valence-corrected chi connectivity index (χ0v) is 18.0. The first-order valence-electron chi connectivity index (χ1n) is 10.00. The molecule has 0 spiro atoms. The molecule has 4 rings (SSSR count). The second-order valence-corrected chi connectivity index (χ2v) is 7.29. The highest BCUT2D eigenvalue weighted by Crippen LogP contribution is 2.34. The zero-order valence-electron chi connectivity index (χ0n) is 18.0. The molecule has 3 aromatic rings. The quantitative estimate of drug-likeness (QED) is 0.465. The molecule has 12 heteroatoms. The molecule has 0 bridgehead atoms. The highest BCUT2D eigenvalue weighted by atomic mass is 19.4. The molecule has 7 nitrogen and oxygen atoms in total. The van der Waals surface area contributed by atoms with Crippen LogP contribution in [0, 0.1) is 6.92 Å². The van der Waals surface area contributed by atoms with E-state index in [2.05, 4.69) is 15.4 Å². The molecule has 0 amide bonds. The second-order valence-electron chi connectivity index (χ2n) is 7.29. The number of rotatable bonds is 6. The van der Waals surface area contributed by atoms with Crippen molar-refractivity contribution in [3.05, 3.63) is 52.2 Å². The largest absolute Gasteiger partial charge is 0.434 e. The van der Waals surface area contributed by atoms with E-state index in [9.17, 15) is 26.7 Å². The van der Waals surface area contributed by atoms with Crippen molar-refractivity contribution in [1.82, 2.24) is 29.0 Å². The lowest BCUT2D eigenvalue weighted by Crippen LogP contribution is -2.24. The van der Waals surface area contributed by atoms with Crippen LogP contribution < -0.4 is 10.9 Å². The lowest BCUT2D eigenvalue weighted by molar-refractivity contribution is -0.140. The Morgan fingerprint density at radius 2 is 1.71 bits per heavy atom. The molecule has 190 valence electrons. The molecule has 0 radical (unpaired) electrons. The minimum Gasteiger partial charge on any atom is -0.361 e. The van der Waals surface area contributed by atoms with E-state index in [-0.39, 0.29) is 39.3 Å². The molecular weight excluding hydrogens is 459 g/mol. The maximum Gasteiger partial charge on any atom is 0.434 e. The molecule has 0 fully saturated rings. The van der Waals surface area contributed by atoms with Crippen molar-refractivity contribution in [3.8, 4) is 11.1 Å². The summed E-state index contributed by atoms with van der Waals surface area (Å²) >= 11 is 0. The number of aryl methyl sites for hydroxylation is 2. The number of nitrogens with zero attached hydrogens (tertiary/aromatic N) is 5. The van der Waals surface area contributed by atoms with Gasteiger partial charge in [0.25, 0.3) is 5.56 Å².